The van der Waals surface area contributed by atoms with Crippen molar-refractivity contribution in [3.63, 3.8) is 0 Å². The van der Waals surface area contributed by atoms with Crippen LogP contribution >= 0.6 is 0 Å². The van der Waals surface area contributed by atoms with Gasteiger partial charge in [0.15, 0.2) is 20.9 Å². The number of hydrogen-bond donors (Lipinski definition) is 0. The molecule has 23 heavy (non-hydrogen) atoms. The molecule has 0 bridgehead atoms. The molecule has 0 aromatic heterocycles. The molecule has 126 valence electrons. The van der Waals surface area contributed by atoms with Gasteiger partial charge in [-0.2, -0.15) is 13.2 Å². The van der Waals surface area contributed by atoms with Crippen LogP contribution in [0, 0.1) is 0 Å². The van der Waals surface area contributed by atoms with E-state index in [2.05, 4.69) is 5.16 Å². The fourth-order valence-corrected chi connectivity index (χ4v) is 4.48. The molecule has 1 aromatic rings. The molecule has 2 aliphatic rings. The van der Waals surface area contributed by atoms with Crippen molar-refractivity contribution in [3.8, 4) is 0 Å². The second-order valence-corrected chi connectivity index (χ2v) is 7.83. The molecule has 1 saturated heterocycles. The highest BCUT2D eigenvalue weighted by atomic mass is 32.3. The van der Waals surface area contributed by atoms with E-state index in [9.17, 15) is 21.9 Å². The van der Waals surface area contributed by atoms with Crippen molar-refractivity contribution < 1.29 is 26.8 Å². The summed E-state index contributed by atoms with van der Waals surface area (Å²) in [6.45, 7) is 2.08. The minimum Gasteiger partial charge on any atom is -0.593 e. The molecule has 9 heteroatoms. The first-order valence-electron chi connectivity index (χ1n) is 7.02. The predicted molar refractivity (Wildman–Crippen MR) is 76.3 cm³/mol. The van der Waals surface area contributed by atoms with E-state index in [1.807, 2.05) is 0 Å². The Balaban J connectivity index is 1.84. The van der Waals surface area contributed by atoms with Crippen LogP contribution in [0.3, 0.4) is 0 Å². The zero-order chi connectivity index (χ0) is 16.9. The SMILES string of the molecule is CC1=NOC2(CCN([S+](=O)([O-])c3cccc(C(F)(F)F)c3)C2)C1. The predicted octanol–water partition coefficient (Wildman–Crippen LogP) is 2.85. The van der Waals surface area contributed by atoms with Crippen LogP contribution in [0.1, 0.15) is 25.3 Å². The maximum absolute atomic E-state index is 12.8. The highest BCUT2D eigenvalue weighted by Gasteiger charge is 2.50. The van der Waals surface area contributed by atoms with Gasteiger partial charge in [-0.1, -0.05) is 15.4 Å². The Morgan fingerprint density at radius 3 is 2.78 bits per heavy atom. The molecule has 0 aliphatic carbocycles. The maximum atomic E-state index is 12.8. The second kappa shape index (κ2) is 5.29. The number of oxime groups is 1. The van der Waals surface area contributed by atoms with E-state index in [1.54, 1.807) is 6.92 Å². The summed E-state index contributed by atoms with van der Waals surface area (Å²) < 4.78 is 64.7. The molecule has 1 fully saturated rings. The average Bonchev–Trinajstić information content (AvgIpc) is 3.05. The summed E-state index contributed by atoms with van der Waals surface area (Å²) in [5, 5.41) is 3.85. The van der Waals surface area contributed by atoms with E-state index in [-0.39, 0.29) is 18.0 Å². The minimum absolute atomic E-state index is 0.0897. The Kier molecular flexibility index (Phi) is 3.77. The maximum Gasteiger partial charge on any atom is 0.416 e. The molecule has 5 nitrogen and oxygen atoms in total. The highest BCUT2D eigenvalue weighted by Crippen LogP contribution is 2.38. The second-order valence-electron chi connectivity index (χ2n) is 5.89. The third-order valence-electron chi connectivity index (χ3n) is 4.05. The molecule has 1 spiro atoms. The lowest BCUT2D eigenvalue weighted by atomic mass is 9.97. The number of sulfonamides is 1. The lowest BCUT2D eigenvalue weighted by Crippen LogP contribution is -2.39. The molecule has 0 radical (unpaired) electrons. The van der Waals surface area contributed by atoms with E-state index >= 15 is 0 Å². The van der Waals surface area contributed by atoms with Gasteiger partial charge in [-0.25, -0.2) is 0 Å². The van der Waals surface area contributed by atoms with Crippen molar-refractivity contribution >= 4 is 16.1 Å². The molecule has 3 rings (SSSR count). The van der Waals surface area contributed by atoms with Gasteiger partial charge in [0.25, 0.3) is 0 Å². The number of nitrogens with zero attached hydrogens (tertiary/aromatic N) is 2. The van der Waals surface area contributed by atoms with Gasteiger partial charge in [0.1, 0.15) is 0 Å². The average molecular weight is 348 g/mol. The van der Waals surface area contributed by atoms with Crippen LogP contribution in [0.25, 0.3) is 0 Å². The Labute approximate surface area is 132 Å². The first-order valence-corrected chi connectivity index (χ1v) is 8.46. The molecule has 2 unspecified atom stereocenters. The molecule has 2 heterocycles. The minimum atomic E-state index is -4.59. The lowest BCUT2D eigenvalue weighted by Gasteiger charge is -2.25. The molecule has 1 aromatic carbocycles. The number of benzene rings is 1. The third-order valence-corrected chi connectivity index (χ3v) is 5.89. The van der Waals surface area contributed by atoms with Gasteiger partial charge < -0.3 is 9.39 Å². The zero-order valence-electron chi connectivity index (χ0n) is 12.3. The third kappa shape index (κ3) is 3.00. The number of hydrogen-bond acceptors (Lipinski definition) is 4. The van der Waals surface area contributed by atoms with Gasteiger partial charge in [0, 0.05) is 25.5 Å². The monoisotopic (exact) mass is 348 g/mol. The van der Waals surface area contributed by atoms with Crippen molar-refractivity contribution in [2.45, 2.75) is 36.4 Å². The summed E-state index contributed by atoms with van der Waals surface area (Å²) in [5.74, 6) is 0. The summed E-state index contributed by atoms with van der Waals surface area (Å²) in [4.78, 5) is 4.99. The van der Waals surface area contributed by atoms with Crippen LogP contribution in [0.4, 0.5) is 13.2 Å². The molecule has 2 aliphatic heterocycles. The van der Waals surface area contributed by atoms with Gasteiger partial charge in [-0.15, -0.1) is 4.31 Å². The molecule has 0 N–H and O–H groups in total. The number of alkyl halides is 3. The first kappa shape index (κ1) is 16.4. The van der Waals surface area contributed by atoms with E-state index in [0.29, 0.717) is 18.9 Å². The standard InChI is InChI=1S/C14H15F3N2O3S/c1-10-8-13(22-18-10)5-6-19(9-13)23(20,21)12-4-2-3-11(7-12)14(15,16)17/h2-4,7H,5-6,8-9H2,1H3. The van der Waals surface area contributed by atoms with Crippen molar-refractivity contribution in [1.82, 2.24) is 4.31 Å². The van der Waals surface area contributed by atoms with Gasteiger partial charge >= 0.3 is 6.18 Å². The Morgan fingerprint density at radius 1 is 1.43 bits per heavy atom. The Morgan fingerprint density at radius 2 is 2.17 bits per heavy atom. The molecule has 0 amide bonds. The van der Waals surface area contributed by atoms with Crippen LogP contribution in [0.5, 0.6) is 0 Å². The first-order chi connectivity index (χ1) is 10.6. The Hall–Kier alpha value is -1.45. The molecular weight excluding hydrogens is 333 g/mol. The summed E-state index contributed by atoms with van der Waals surface area (Å²) in [6, 6.07) is 3.78. The summed E-state index contributed by atoms with van der Waals surface area (Å²) in [7, 11) is -4.00. The van der Waals surface area contributed by atoms with E-state index in [1.165, 1.54) is 6.07 Å². The van der Waals surface area contributed by atoms with Crippen molar-refractivity contribution in [2.75, 3.05) is 13.1 Å². The van der Waals surface area contributed by atoms with Gasteiger partial charge in [0.05, 0.1) is 17.8 Å². The van der Waals surface area contributed by atoms with Crippen LogP contribution in [-0.4, -0.2) is 33.3 Å². The summed E-state index contributed by atoms with van der Waals surface area (Å²) >= 11 is 0. The molecular formula is C14H15F3N2O3S. The smallest absolute Gasteiger partial charge is 0.416 e. The summed E-state index contributed by atoms with van der Waals surface area (Å²) in [6.07, 6.45) is -3.59. The molecule has 0 saturated carbocycles. The van der Waals surface area contributed by atoms with Crippen LogP contribution in [0.15, 0.2) is 34.3 Å². The van der Waals surface area contributed by atoms with Crippen LogP contribution in [-0.2, 0) is 25.6 Å². The van der Waals surface area contributed by atoms with Crippen LogP contribution < -0.4 is 0 Å². The van der Waals surface area contributed by atoms with Gasteiger partial charge in [-0.05, 0) is 19.1 Å². The van der Waals surface area contributed by atoms with E-state index < -0.39 is 27.7 Å². The van der Waals surface area contributed by atoms with Crippen molar-refractivity contribution in [1.29, 1.82) is 0 Å². The largest absolute Gasteiger partial charge is 0.593 e. The summed E-state index contributed by atoms with van der Waals surface area (Å²) in [5.41, 5.74) is -0.884. The van der Waals surface area contributed by atoms with Gasteiger partial charge in [-0.3, -0.25) is 0 Å². The normalized spacial score (nSPS) is 27.8. The quantitative estimate of drug-likeness (QED) is 0.772. The zero-order valence-corrected chi connectivity index (χ0v) is 13.1. The van der Waals surface area contributed by atoms with Crippen molar-refractivity contribution in [2.24, 2.45) is 5.16 Å². The van der Waals surface area contributed by atoms with Gasteiger partial charge in [0.2, 0.25) is 0 Å². The fraction of sp³-hybridized carbons (Fsp3) is 0.500. The Bertz CT molecular complexity index is 707. The van der Waals surface area contributed by atoms with E-state index in [0.717, 1.165) is 22.1 Å². The topological polar surface area (TPSA) is 65.0 Å². The van der Waals surface area contributed by atoms with Crippen LogP contribution in [0.2, 0.25) is 0 Å². The number of rotatable bonds is 2. The fourth-order valence-electron chi connectivity index (χ4n) is 2.92. The van der Waals surface area contributed by atoms with Crippen molar-refractivity contribution in [3.05, 3.63) is 29.8 Å². The van der Waals surface area contributed by atoms with E-state index in [4.69, 9.17) is 4.84 Å². The molecule has 2 atom stereocenters. The number of halogens is 3. The highest BCUT2D eigenvalue weighted by molar-refractivity contribution is 7.95. The lowest BCUT2D eigenvalue weighted by molar-refractivity contribution is -0.137.